The summed E-state index contributed by atoms with van der Waals surface area (Å²) in [6.45, 7) is 14.5. The Labute approximate surface area is 236 Å². The number of nitrogens with zero attached hydrogens (tertiary/aromatic N) is 2. The average Bonchev–Trinajstić information content (AvgIpc) is 3.43. The van der Waals surface area contributed by atoms with Crippen LogP contribution in [0.15, 0.2) is 91.4 Å². The SMILES string of the molecule is C=CCOC(=O)N(CC=C)CC(N)c1nc(C(O)CO[Si](c2ccccc2)(c2ccccc2)C(C)(C)C)cs1. The number of thiazole rings is 1. The standard InChI is InChI=1S/C30H39N3O4SSi/c1-6-18-33(29(35)36-19-7-2)20-25(31)28-32-26(22-38-28)27(34)21-37-39(30(3,4)5,23-14-10-8-11-15-23)24-16-12-9-13-17-24/h6-17,22,25,27,34H,1-2,18-21,31H2,3-5H3. The van der Waals surface area contributed by atoms with E-state index in [4.69, 9.17) is 14.9 Å². The predicted octanol–water partition coefficient (Wildman–Crippen LogP) is 4.56. The second-order valence-electron chi connectivity index (χ2n) is 10.3. The second-order valence-corrected chi connectivity index (χ2v) is 15.5. The molecule has 0 aliphatic heterocycles. The summed E-state index contributed by atoms with van der Waals surface area (Å²) >= 11 is 1.35. The molecule has 7 nitrogen and oxygen atoms in total. The smallest absolute Gasteiger partial charge is 0.410 e. The molecule has 0 bridgehead atoms. The lowest BCUT2D eigenvalue weighted by Gasteiger charge is -2.43. The molecule has 0 fully saturated rings. The average molecular weight is 566 g/mol. The molecule has 39 heavy (non-hydrogen) atoms. The van der Waals surface area contributed by atoms with Crippen molar-refractivity contribution in [3.63, 3.8) is 0 Å². The fourth-order valence-corrected chi connectivity index (χ4v) is 10.0. The number of amides is 1. The van der Waals surface area contributed by atoms with E-state index < -0.39 is 26.6 Å². The zero-order chi connectivity index (χ0) is 28.5. The highest BCUT2D eigenvalue weighted by molar-refractivity contribution is 7.09. The van der Waals surface area contributed by atoms with Gasteiger partial charge in [-0.25, -0.2) is 9.78 Å². The molecule has 1 amide bonds. The Morgan fingerprint density at radius 2 is 1.69 bits per heavy atom. The molecule has 2 aromatic carbocycles. The number of nitrogens with two attached hydrogens (primary N) is 1. The molecule has 0 radical (unpaired) electrons. The van der Waals surface area contributed by atoms with Gasteiger partial charge in [-0.2, -0.15) is 0 Å². The van der Waals surface area contributed by atoms with Crippen LogP contribution in [0, 0.1) is 0 Å². The van der Waals surface area contributed by atoms with Crippen molar-refractivity contribution in [2.75, 3.05) is 26.3 Å². The van der Waals surface area contributed by atoms with E-state index in [2.05, 4.69) is 63.2 Å². The van der Waals surface area contributed by atoms with E-state index in [1.807, 2.05) is 36.4 Å². The number of hydrogen-bond donors (Lipinski definition) is 2. The van der Waals surface area contributed by atoms with Gasteiger partial charge in [-0.05, 0) is 15.4 Å². The third-order valence-electron chi connectivity index (χ3n) is 6.42. The Hall–Kier alpha value is -3.08. The number of benzene rings is 2. The van der Waals surface area contributed by atoms with Gasteiger partial charge in [-0.3, -0.25) is 0 Å². The predicted molar refractivity (Wildman–Crippen MR) is 161 cm³/mol. The molecular weight excluding hydrogens is 527 g/mol. The first-order valence-corrected chi connectivity index (χ1v) is 15.7. The molecule has 3 rings (SSSR count). The van der Waals surface area contributed by atoms with Gasteiger partial charge in [0, 0.05) is 18.5 Å². The fourth-order valence-electron chi connectivity index (χ4n) is 4.59. The van der Waals surface area contributed by atoms with Gasteiger partial charge >= 0.3 is 6.09 Å². The molecule has 1 aromatic heterocycles. The van der Waals surface area contributed by atoms with Crippen LogP contribution in [0.25, 0.3) is 0 Å². The van der Waals surface area contributed by atoms with Crippen LogP contribution in [-0.2, 0) is 9.16 Å². The Balaban J connectivity index is 1.80. The number of carbonyl (C=O) groups is 1. The minimum atomic E-state index is -2.80. The Morgan fingerprint density at radius 3 is 2.21 bits per heavy atom. The highest BCUT2D eigenvalue weighted by atomic mass is 32.1. The fraction of sp³-hybridized carbons (Fsp3) is 0.333. The van der Waals surface area contributed by atoms with Crippen LogP contribution in [0.1, 0.15) is 43.6 Å². The van der Waals surface area contributed by atoms with E-state index in [1.54, 1.807) is 11.5 Å². The number of carbonyl (C=O) groups excluding carboxylic acids is 1. The van der Waals surface area contributed by atoms with Gasteiger partial charge in [0.25, 0.3) is 8.32 Å². The Morgan fingerprint density at radius 1 is 1.10 bits per heavy atom. The molecule has 1 heterocycles. The maximum Gasteiger partial charge on any atom is 0.410 e. The third-order valence-corrected chi connectivity index (χ3v) is 12.4. The number of ether oxygens (including phenoxy) is 1. The van der Waals surface area contributed by atoms with E-state index in [0.717, 1.165) is 10.4 Å². The highest BCUT2D eigenvalue weighted by Crippen LogP contribution is 2.37. The van der Waals surface area contributed by atoms with E-state index >= 15 is 0 Å². The number of aliphatic hydroxyl groups is 1. The molecule has 0 saturated heterocycles. The van der Waals surface area contributed by atoms with Crippen molar-refractivity contribution in [2.24, 2.45) is 5.73 Å². The van der Waals surface area contributed by atoms with Crippen molar-refractivity contribution in [3.05, 3.63) is 102 Å². The van der Waals surface area contributed by atoms with Crippen molar-refractivity contribution in [2.45, 2.75) is 38.0 Å². The van der Waals surface area contributed by atoms with Gasteiger partial charge in [-0.1, -0.05) is 100 Å². The van der Waals surface area contributed by atoms with Crippen LogP contribution < -0.4 is 16.1 Å². The topological polar surface area (TPSA) is 97.9 Å². The van der Waals surface area contributed by atoms with Crippen LogP contribution in [0.2, 0.25) is 5.04 Å². The van der Waals surface area contributed by atoms with Crippen molar-refractivity contribution in [3.8, 4) is 0 Å². The maximum atomic E-state index is 12.3. The minimum Gasteiger partial charge on any atom is -0.445 e. The van der Waals surface area contributed by atoms with Crippen molar-refractivity contribution >= 4 is 36.1 Å². The van der Waals surface area contributed by atoms with Gasteiger partial charge < -0.3 is 24.9 Å². The monoisotopic (exact) mass is 565 g/mol. The van der Waals surface area contributed by atoms with Crippen molar-refractivity contribution in [1.82, 2.24) is 9.88 Å². The molecule has 0 aliphatic carbocycles. The molecule has 2 unspecified atom stereocenters. The highest BCUT2D eigenvalue weighted by Gasteiger charge is 2.50. The molecule has 0 aliphatic rings. The first kappa shape index (κ1) is 30.5. The second kappa shape index (κ2) is 13.8. The molecule has 3 N–H and O–H groups in total. The number of rotatable bonds is 13. The minimum absolute atomic E-state index is 0.0855. The third kappa shape index (κ3) is 7.31. The summed E-state index contributed by atoms with van der Waals surface area (Å²) in [5.41, 5.74) is 6.89. The van der Waals surface area contributed by atoms with Crippen LogP contribution in [0.5, 0.6) is 0 Å². The molecule has 0 saturated carbocycles. The summed E-state index contributed by atoms with van der Waals surface area (Å²) < 4.78 is 12.0. The molecule has 9 heteroatoms. The lowest BCUT2D eigenvalue weighted by atomic mass is 10.2. The summed E-state index contributed by atoms with van der Waals surface area (Å²) in [4.78, 5) is 18.4. The van der Waals surface area contributed by atoms with Crippen LogP contribution in [-0.4, -0.2) is 55.7 Å². The van der Waals surface area contributed by atoms with Crippen LogP contribution in [0.4, 0.5) is 4.79 Å². The largest absolute Gasteiger partial charge is 0.445 e. The normalized spacial score (nSPS) is 13.4. The lowest BCUT2D eigenvalue weighted by molar-refractivity contribution is 0.0995. The summed E-state index contributed by atoms with van der Waals surface area (Å²) in [5, 5.41) is 15.7. The summed E-state index contributed by atoms with van der Waals surface area (Å²) in [5.74, 6) is 0. The first-order chi connectivity index (χ1) is 18.6. The zero-order valence-electron chi connectivity index (χ0n) is 23.0. The zero-order valence-corrected chi connectivity index (χ0v) is 24.8. The van der Waals surface area contributed by atoms with Gasteiger partial charge in [0.15, 0.2) is 0 Å². The number of aromatic nitrogens is 1. The summed E-state index contributed by atoms with van der Waals surface area (Å²) in [6, 6.07) is 20.0. The van der Waals surface area contributed by atoms with Crippen LogP contribution in [0.3, 0.4) is 0 Å². The summed E-state index contributed by atoms with van der Waals surface area (Å²) in [6.07, 6.45) is 1.68. The van der Waals surface area contributed by atoms with E-state index in [1.165, 1.54) is 22.3 Å². The molecule has 3 aromatic rings. The van der Waals surface area contributed by atoms with E-state index in [0.29, 0.717) is 10.7 Å². The lowest BCUT2D eigenvalue weighted by Crippen LogP contribution is -2.66. The molecule has 0 spiro atoms. The Kier molecular flexibility index (Phi) is 10.8. The van der Waals surface area contributed by atoms with Crippen molar-refractivity contribution < 1.29 is 19.1 Å². The van der Waals surface area contributed by atoms with Crippen molar-refractivity contribution in [1.29, 1.82) is 0 Å². The van der Waals surface area contributed by atoms with Crippen LogP contribution >= 0.6 is 11.3 Å². The maximum absolute atomic E-state index is 12.3. The van der Waals surface area contributed by atoms with Gasteiger partial charge in [-0.15, -0.1) is 17.9 Å². The summed E-state index contributed by atoms with van der Waals surface area (Å²) in [7, 11) is -2.80. The number of aliphatic hydroxyl groups excluding tert-OH is 1. The van der Waals surface area contributed by atoms with Gasteiger partial charge in [0.2, 0.25) is 0 Å². The Bertz CT molecular complexity index is 1170. The quantitative estimate of drug-likeness (QED) is 0.233. The van der Waals surface area contributed by atoms with Gasteiger partial charge in [0.1, 0.15) is 17.7 Å². The molecule has 2 atom stereocenters. The molecular formula is C30H39N3O4SSi. The van der Waals surface area contributed by atoms with Gasteiger partial charge in [0.05, 0.1) is 18.3 Å². The van der Waals surface area contributed by atoms with E-state index in [9.17, 15) is 9.90 Å². The van der Waals surface area contributed by atoms with E-state index in [-0.39, 0.29) is 31.3 Å². The molecule has 208 valence electrons. The number of hydrogen-bond acceptors (Lipinski definition) is 7. The first-order valence-electron chi connectivity index (χ1n) is 12.9.